The molecule has 0 saturated carbocycles. The number of carbonyl (C=O) groups is 2. The van der Waals surface area contributed by atoms with Crippen molar-refractivity contribution in [2.45, 2.75) is 32.4 Å². The molecule has 7 heteroatoms. The standard InChI is InChI=1S/C26H27N3O3S/c1-19-27-23(18-33-19)17-32-24-10-7-20(8-11-24)9-12-25(30)29-15-13-22(14-16-29)28-26(31)21-5-3-2-4-6-21/h2-12,18,22H,13-17H2,1H3,(H,28,31)/b12-9+. The van der Waals surface area contributed by atoms with Crippen molar-refractivity contribution in [1.82, 2.24) is 15.2 Å². The van der Waals surface area contributed by atoms with Gasteiger partial charge < -0.3 is 15.0 Å². The number of rotatable bonds is 7. The van der Waals surface area contributed by atoms with Crippen molar-refractivity contribution >= 4 is 29.2 Å². The first-order valence-electron chi connectivity index (χ1n) is 11.0. The topological polar surface area (TPSA) is 71.5 Å². The molecule has 6 nitrogen and oxygen atoms in total. The molecule has 2 aromatic carbocycles. The molecule has 0 radical (unpaired) electrons. The molecule has 1 aliphatic rings. The minimum atomic E-state index is -0.0607. The molecular weight excluding hydrogens is 434 g/mol. The Morgan fingerprint density at radius 2 is 1.85 bits per heavy atom. The third-order valence-electron chi connectivity index (χ3n) is 5.53. The molecule has 2 amide bonds. The third kappa shape index (κ3) is 6.52. The summed E-state index contributed by atoms with van der Waals surface area (Å²) in [5.41, 5.74) is 2.52. The van der Waals surface area contributed by atoms with E-state index >= 15 is 0 Å². The van der Waals surface area contributed by atoms with Crippen LogP contribution in [0.3, 0.4) is 0 Å². The number of ether oxygens (including phenoxy) is 1. The lowest BCUT2D eigenvalue weighted by molar-refractivity contribution is -0.126. The Morgan fingerprint density at radius 3 is 2.52 bits per heavy atom. The van der Waals surface area contributed by atoms with Gasteiger partial charge in [0.2, 0.25) is 5.91 Å². The predicted octanol–water partition coefficient (Wildman–Crippen LogP) is 4.46. The first-order valence-corrected chi connectivity index (χ1v) is 11.9. The first kappa shape index (κ1) is 22.7. The highest BCUT2D eigenvalue weighted by molar-refractivity contribution is 7.09. The zero-order valence-electron chi connectivity index (χ0n) is 18.6. The Hall–Kier alpha value is -3.45. The quantitative estimate of drug-likeness (QED) is 0.527. The summed E-state index contributed by atoms with van der Waals surface area (Å²) in [5, 5.41) is 6.10. The number of aromatic nitrogens is 1. The summed E-state index contributed by atoms with van der Waals surface area (Å²) in [6, 6.07) is 16.9. The van der Waals surface area contributed by atoms with E-state index in [1.807, 2.05) is 65.7 Å². The van der Waals surface area contributed by atoms with E-state index < -0.39 is 0 Å². The van der Waals surface area contributed by atoms with Gasteiger partial charge in [-0.3, -0.25) is 9.59 Å². The van der Waals surface area contributed by atoms with Crippen LogP contribution in [0.2, 0.25) is 0 Å². The number of nitrogens with one attached hydrogen (secondary N) is 1. The van der Waals surface area contributed by atoms with Gasteiger partial charge in [-0.25, -0.2) is 4.98 Å². The number of hydrogen-bond donors (Lipinski definition) is 1. The van der Waals surface area contributed by atoms with Crippen LogP contribution in [-0.2, 0) is 11.4 Å². The van der Waals surface area contributed by atoms with Crippen LogP contribution in [0.4, 0.5) is 0 Å². The number of benzene rings is 2. The number of nitrogens with zero attached hydrogens (tertiary/aromatic N) is 2. The molecule has 1 aliphatic heterocycles. The summed E-state index contributed by atoms with van der Waals surface area (Å²) < 4.78 is 5.76. The molecule has 1 N–H and O–H groups in total. The minimum Gasteiger partial charge on any atom is -0.487 e. The van der Waals surface area contributed by atoms with E-state index in [1.54, 1.807) is 29.5 Å². The van der Waals surface area contributed by atoms with E-state index in [1.165, 1.54) is 0 Å². The lowest BCUT2D eigenvalue weighted by Crippen LogP contribution is -2.46. The van der Waals surface area contributed by atoms with Crippen molar-refractivity contribution in [3.05, 3.63) is 87.9 Å². The van der Waals surface area contributed by atoms with Crippen LogP contribution in [0.5, 0.6) is 5.75 Å². The molecule has 1 aromatic heterocycles. The Kier molecular flexibility index (Phi) is 7.52. The van der Waals surface area contributed by atoms with Crippen molar-refractivity contribution in [3.63, 3.8) is 0 Å². The summed E-state index contributed by atoms with van der Waals surface area (Å²) in [7, 11) is 0. The summed E-state index contributed by atoms with van der Waals surface area (Å²) in [5.74, 6) is 0.695. The SMILES string of the molecule is Cc1nc(COc2ccc(/C=C/C(=O)N3CCC(NC(=O)c4ccccc4)CC3)cc2)cs1. The Bertz CT molecular complexity index is 1100. The van der Waals surface area contributed by atoms with Gasteiger partial charge in [0.1, 0.15) is 12.4 Å². The fourth-order valence-electron chi connectivity index (χ4n) is 3.68. The predicted molar refractivity (Wildman–Crippen MR) is 130 cm³/mol. The van der Waals surface area contributed by atoms with Gasteiger partial charge in [0.15, 0.2) is 0 Å². The number of amides is 2. The fourth-order valence-corrected chi connectivity index (χ4v) is 4.28. The van der Waals surface area contributed by atoms with Crippen LogP contribution in [0.15, 0.2) is 66.1 Å². The van der Waals surface area contributed by atoms with E-state index in [9.17, 15) is 9.59 Å². The number of thiazole rings is 1. The van der Waals surface area contributed by atoms with Crippen molar-refractivity contribution in [3.8, 4) is 5.75 Å². The number of likely N-dealkylation sites (tertiary alicyclic amines) is 1. The molecule has 4 rings (SSSR count). The molecule has 3 aromatic rings. The zero-order valence-corrected chi connectivity index (χ0v) is 19.4. The molecule has 0 aliphatic carbocycles. The third-order valence-corrected chi connectivity index (χ3v) is 6.35. The number of aryl methyl sites for hydroxylation is 1. The smallest absolute Gasteiger partial charge is 0.251 e. The first-order chi connectivity index (χ1) is 16.1. The molecule has 1 fully saturated rings. The van der Waals surface area contributed by atoms with E-state index in [0.29, 0.717) is 25.3 Å². The van der Waals surface area contributed by atoms with Crippen LogP contribution in [0, 0.1) is 6.92 Å². The maximum atomic E-state index is 12.6. The molecule has 170 valence electrons. The van der Waals surface area contributed by atoms with Crippen LogP contribution < -0.4 is 10.1 Å². The molecule has 1 saturated heterocycles. The van der Waals surface area contributed by atoms with Gasteiger partial charge >= 0.3 is 0 Å². The highest BCUT2D eigenvalue weighted by Gasteiger charge is 2.23. The van der Waals surface area contributed by atoms with Gasteiger partial charge in [-0.1, -0.05) is 30.3 Å². The highest BCUT2D eigenvalue weighted by atomic mass is 32.1. The van der Waals surface area contributed by atoms with Crippen LogP contribution >= 0.6 is 11.3 Å². The highest BCUT2D eigenvalue weighted by Crippen LogP contribution is 2.17. The maximum Gasteiger partial charge on any atom is 0.251 e. The average molecular weight is 462 g/mol. The lowest BCUT2D eigenvalue weighted by atomic mass is 10.0. The second kappa shape index (κ2) is 10.9. The van der Waals surface area contributed by atoms with Crippen LogP contribution in [0.25, 0.3) is 6.08 Å². The Morgan fingerprint density at radius 1 is 1.12 bits per heavy atom. The molecular formula is C26H27N3O3S. The van der Waals surface area contributed by atoms with Gasteiger partial charge in [0.25, 0.3) is 5.91 Å². The fraction of sp³-hybridized carbons (Fsp3) is 0.269. The zero-order chi connectivity index (χ0) is 23.0. The van der Waals surface area contributed by atoms with Crippen LogP contribution in [-0.4, -0.2) is 40.8 Å². The van der Waals surface area contributed by atoms with E-state index in [-0.39, 0.29) is 17.9 Å². The second-order valence-electron chi connectivity index (χ2n) is 7.99. The maximum absolute atomic E-state index is 12.6. The van der Waals surface area contributed by atoms with Crippen molar-refractivity contribution in [2.24, 2.45) is 0 Å². The van der Waals surface area contributed by atoms with Crippen LogP contribution in [0.1, 0.15) is 39.5 Å². The summed E-state index contributed by atoms with van der Waals surface area (Å²) in [6.45, 7) is 3.68. The van der Waals surface area contributed by atoms with Crippen molar-refractivity contribution in [2.75, 3.05) is 13.1 Å². The second-order valence-corrected chi connectivity index (χ2v) is 9.05. The van der Waals surface area contributed by atoms with E-state index in [2.05, 4.69) is 10.3 Å². The molecule has 33 heavy (non-hydrogen) atoms. The lowest BCUT2D eigenvalue weighted by Gasteiger charge is -2.31. The molecule has 2 heterocycles. The molecule has 0 bridgehead atoms. The summed E-state index contributed by atoms with van der Waals surface area (Å²) in [4.78, 5) is 31.1. The monoisotopic (exact) mass is 461 g/mol. The van der Waals surface area contributed by atoms with Crippen molar-refractivity contribution in [1.29, 1.82) is 0 Å². The molecule has 0 unspecified atom stereocenters. The van der Waals surface area contributed by atoms with Gasteiger partial charge in [-0.2, -0.15) is 0 Å². The Labute approximate surface area is 197 Å². The molecule has 0 spiro atoms. The van der Waals surface area contributed by atoms with Gasteiger partial charge in [0.05, 0.1) is 10.7 Å². The van der Waals surface area contributed by atoms with E-state index in [4.69, 9.17) is 4.74 Å². The van der Waals surface area contributed by atoms with Crippen molar-refractivity contribution < 1.29 is 14.3 Å². The normalized spacial score (nSPS) is 14.4. The molecule has 0 atom stereocenters. The van der Waals surface area contributed by atoms with Gasteiger partial charge in [0, 0.05) is 36.2 Å². The number of piperidine rings is 1. The Balaban J connectivity index is 1.21. The van der Waals surface area contributed by atoms with Gasteiger partial charge in [-0.15, -0.1) is 11.3 Å². The largest absolute Gasteiger partial charge is 0.487 e. The van der Waals surface area contributed by atoms with E-state index in [0.717, 1.165) is 34.9 Å². The number of hydrogen-bond acceptors (Lipinski definition) is 5. The summed E-state index contributed by atoms with van der Waals surface area (Å²) >= 11 is 1.61. The number of carbonyl (C=O) groups excluding carboxylic acids is 2. The van der Waals surface area contributed by atoms with Gasteiger partial charge in [-0.05, 0) is 55.7 Å². The summed E-state index contributed by atoms with van der Waals surface area (Å²) in [6.07, 6.45) is 4.93. The average Bonchev–Trinajstić information content (AvgIpc) is 3.28. The minimum absolute atomic E-state index is 0.0120.